The van der Waals surface area contributed by atoms with E-state index in [9.17, 15) is 4.79 Å². The summed E-state index contributed by atoms with van der Waals surface area (Å²) in [5, 5.41) is 0. The van der Waals surface area contributed by atoms with Crippen LogP contribution in [-0.2, 0) is 9.63 Å². The lowest BCUT2D eigenvalue weighted by Crippen LogP contribution is -2.28. The predicted octanol–water partition coefficient (Wildman–Crippen LogP) is -0.599. The van der Waals surface area contributed by atoms with E-state index in [4.69, 9.17) is 5.73 Å². The van der Waals surface area contributed by atoms with Gasteiger partial charge in [-0.3, -0.25) is 9.63 Å². The summed E-state index contributed by atoms with van der Waals surface area (Å²) in [5.74, 6) is -0.187. The normalized spacial score (nSPS) is 12.8. The first-order valence-electron chi connectivity index (χ1n) is 2.74. The van der Waals surface area contributed by atoms with Gasteiger partial charge >= 0.3 is 0 Å². The van der Waals surface area contributed by atoms with Gasteiger partial charge in [0, 0.05) is 12.5 Å². The summed E-state index contributed by atoms with van der Waals surface area (Å²) >= 11 is 0. The fraction of sp³-hybridized carbons (Fsp3) is 0.800. The summed E-state index contributed by atoms with van der Waals surface area (Å²) < 4.78 is 0. The van der Waals surface area contributed by atoms with Crippen molar-refractivity contribution in [3.63, 3.8) is 0 Å². The van der Waals surface area contributed by atoms with Gasteiger partial charge in [-0.2, -0.15) is 0 Å². The Morgan fingerprint density at radius 3 is 2.78 bits per heavy atom. The molecule has 0 saturated heterocycles. The van der Waals surface area contributed by atoms with E-state index >= 15 is 0 Å². The van der Waals surface area contributed by atoms with E-state index in [2.05, 4.69) is 10.3 Å². The first kappa shape index (κ1) is 8.39. The van der Waals surface area contributed by atoms with Crippen LogP contribution in [0.2, 0.25) is 0 Å². The standard InChI is InChI=1S/C5H12N2O2/c1-4(6)3-5(8)7-9-2/h4H,3,6H2,1-2H3,(H,7,8). The summed E-state index contributed by atoms with van der Waals surface area (Å²) in [6.45, 7) is 1.76. The highest BCUT2D eigenvalue weighted by atomic mass is 16.6. The van der Waals surface area contributed by atoms with Gasteiger partial charge in [0.1, 0.15) is 0 Å². The number of hydrogen-bond acceptors (Lipinski definition) is 3. The molecule has 4 heteroatoms. The van der Waals surface area contributed by atoms with Gasteiger partial charge in [-0.15, -0.1) is 0 Å². The quantitative estimate of drug-likeness (QED) is 0.504. The van der Waals surface area contributed by atoms with E-state index in [0.717, 1.165) is 0 Å². The molecule has 1 atom stereocenters. The molecule has 0 aliphatic heterocycles. The average Bonchev–Trinajstić information content (AvgIpc) is 1.63. The maximum Gasteiger partial charge on any atom is 0.245 e. The van der Waals surface area contributed by atoms with Crippen LogP contribution in [0.5, 0.6) is 0 Å². The SMILES string of the molecule is CONC(=O)CC(C)N. The number of hydrogen-bond donors (Lipinski definition) is 2. The van der Waals surface area contributed by atoms with Gasteiger partial charge in [-0.25, -0.2) is 5.48 Å². The van der Waals surface area contributed by atoms with Gasteiger partial charge in [-0.05, 0) is 6.92 Å². The van der Waals surface area contributed by atoms with Gasteiger partial charge in [0.05, 0.1) is 7.11 Å². The van der Waals surface area contributed by atoms with E-state index in [0.29, 0.717) is 6.42 Å². The summed E-state index contributed by atoms with van der Waals surface area (Å²) in [7, 11) is 1.39. The van der Waals surface area contributed by atoms with Crippen molar-refractivity contribution in [2.75, 3.05) is 7.11 Å². The second-order valence-electron chi connectivity index (χ2n) is 1.91. The number of carbonyl (C=O) groups is 1. The summed E-state index contributed by atoms with van der Waals surface area (Å²) in [6.07, 6.45) is 0.299. The highest BCUT2D eigenvalue weighted by Gasteiger charge is 2.02. The average molecular weight is 132 g/mol. The molecule has 1 unspecified atom stereocenters. The van der Waals surface area contributed by atoms with Crippen LogP contribution in [0.1, 0.15) is 13.3 Å². The molecule has 4 nitrogen and oxygen atoms in total. The van der Waals surface area contributed by atoms with Crippen molar-refractivity contribution in [3.8, 4) is 0 Å². The molecule has 0 aromatic heterocycles. The van der Waals surface area contributed by atoms with Crippen molar-refractivity contribution < 1.29 is 9.63 Å². The number of hydroxylamine groups is 1. The van der Waals surface area contributed by atoms with E-state index in [1.807, 2.05) is 0 Å². The number of nitrogens with one attached hydrogen (secondary N) is 1. The predicted molar refractivity (Wildman–Crippen MR) is 33.4 cm³/mol. The van der Waals surface area contributed by atoms with Crippen molar-refractivity contribution >= 4 is 5.91 Å². The maximum atomic E-state index is 10.5. The van der Waals surface area contributed by atoms with Gasteiger partial charge in [0.2, 0.25) is 5.91 Å². The molecule has 0 aromatic rings. The highest BCUT2D eigenvalue weighted by Crippen LogP contribution is 1.83. The van der Waals surface area contributed by atoms with Crippen LogP contribution in [0, 0.1) is 0 Å². The first-order chi connectivity index (χ1) is 4.16. The summed E-state index contributed by atoms with van der Waals surface area (Å²) in [4.78, 5) is 14.9. The van der Waals surface area contributed by atoms with Crippen molar-refractivity contribution in [1.29, 1.82) is 0 Å². The molecule has 3 N–H and O–H groups in total. The fourth-order valence-corrected chi connectivity index (χ4v) is 0.448. The van der Waals surface area contributed by atoms with Crippen LogP contribution >= 0.6 is 0 Å². The zero-order valence-electron chi connectivity index (χ0n) is 5.68. The van der Waals surface area contributed by atoms with Crippen molar-refractivity contribution in [2.24, 2.45) is 5.73 Å². The number of carbonyl (C=O) groups excluding carboxylic acids is 1. The Labute approximate surface area is 54.3 Å². The molecule has 0 aliphatic rings. The fourth-order valence-electron chi connectivity index (χ4n) is 0.448. The van der Waals surface area contributed by atoms with Crippen LogP contribution in [0.25, 0.3) is 0 Å². The van der Waals surface area contributed by atoms with E-state index in [1.165, 1.54) is 7.11 Å². The Morgan fingerprint density at radius 1 is 1.89 bits per heavy atom. The van der Waals surface area contributed by atoms with Gasteiger partial charge < -0.3 is 5.73 Å². The molecule has 54 valence electrons. The molecule has 9 heavy (non-hydrogen) atoms. The van der Waals surface area contributed by atoms with E-state index in [-0.39, 0.29) is 11.9 Å². The molecule has 0 bridgehead atoms. The third-order valence-electron chi connectivity index (χ3n) is 0.723. The first-order valence-corrected chi connectivity index (χ1v) is 2.74. The molecule has 0 aliphatic carbocycles. The Bertz CT molecular complexity index is 93.0. The molecule has 0 radical (unpaired) electrons. The molecule has 0 heterocycles. The second-order valence-corrected chi connectivity index (χ2v) is 1.91. The Balaban J connectivity index is 3.27. The van der Waals surface area contributed by atoms with E-state index < -0.39 is 0 Å². The van der Waals surface area contributed by atoms with Crippen LogP contribution < -0.4 is 11.2 Å². The summed E-state index contributed by atoms with van der Waals surface area (Å²) in [6, 6.07) is -0.111. The minimum atomic E-state index is -0.187. The molecule has 0 spiro atoms. The Morgan fingerprint density at radius 2 is 2.44 bits per heavy atom. The number of amides is 1. The molecule has 0 saturated carbocycles. The third-order valence-corrected chi connectivity index (χ3v) is 0.723. The third kappa shape index (κ3) is 5.26. The van der Waals surface area contributed by atoms with E-state index in [1.54, 1.807) is 6.92 Å². The molecular formula is C5H12N2O2. The molecule has 0 fully saturated rings. The Kier molecular flexibility index (Phi) is 4.00. The monoisotopic (exact) mass is 132 g/mol. The zero-order chi connectivity index (χ0) is 7.28. The Hall–Kier alpha value is -0.610. The second kappa shape index (κ2) is 4.29. The van der Waals surface area contributed by atoms with Crippen LogP contribution in [-0.4, -0.2) is 19.1 Å². The summed E-state index contributed by atoms with van der Waals surface area (Å²) in [5.41, 5.74) is 7.47. The van der Waals surface area contributed by atoms with Crippen LogP contribution in [0.3, 0.4) is 0 Å². The van der Waals surface area contributed by atoms with Gasteiger partial charge in [0.25, 0.3) is 0 Å². The van der Waals surface area contributed by atoms with Crippen molar-refractivity contribution in [3.05, 3.63) is 0 Å². The molecular weight excluding hydrogens is 120 g/mol. The van der Waals surface area contributed by atoms with Gasteiger partial charge in [-0.1, -0.05) is 0 Å². The number of nitrogens with two attached hydrogens (primary N) is 1. The van der Waals surface area contributed by atoms with Crippen molar-refractivity contribution in [2.45, 2.75) is 19.4 Å². The minimum absolute atomic E-state index is 0.111. The smallest absolute Gasteiger partial charge is 0.245 e. The largest absolute Gasteiger partial charge is 0.327 e. The lowest BCUT2D eigenvalue weighted by atomic mass is 10.2. The van der Waals surface area contributed by atoms with Crippen molar-refractivity contribution in [1.82, 2.24) is 5.48 Å². The molecule has 0 aromatic carbocycles. The highest BCUT2D eigenvalue weighted by molar-refractivity contribution is 5.75. The maximum absolute atomic E-state index is 10.5. The lowest BCUT2D eigenvalue weighted by molar-refractivity contribution is -0.131. The lowest BCUT2D eigenvalue weighted by Gasteiger charge is -2.03. The topological polar surface area (TPSA) is 64.3 Å². The number of rotatable bonds is 3. The molecule has 1 amide bonds. The van der Waals surface area contributed by atoms with Crippen LogP contribution in [0.4, 0.5) is 0 Å². The van der Waals surface area contributed by atoms with Gasteiger partial charge in [0.15, 0.2) is 0 Å². The zero-order valence-corrected chi connectivity index (χ0v) is 5.68. The molecule has 0 rings (SSSR count). The van der Waals surface area contributed by atoms with Crippen LogP contribution in [0.15, 0.2) is 0 Å². The minimum Gasteiger partial charge on any atom is -0.327 e.